The van der Waals surface area contributed by atoms with Gasteiger partial charge in [0, 0.05) is 0 Å². The number of amides is 1. The van der Waals surface area contributed by atoms with Crippen LogP contribution in [-0.2, 0) is 14.3 Å². The summed E-state index contributed by atoms with van der Waals surface area (Å²) < 4.78 is 4.28. The van der Waals surface area contributed by atoms with Crippen LogP contribution in [0.5, 0.6) is 0 Å². The molecule has 0 radical (unpaired) electrons. The van der Waals surface area contributed by atoms with E-state index < -0.39 is 23.5 Å². The second-order valence-electron chi connectivity index (χ2n) is 3.52. The molecule has 0 bridgehead atoms. The second kappa shape index (κ2) is 5.67. The van der Waals surface area contributed by atoms with E-state index in [9.17, 15) is 14.7 Å². The van der Waals surface area contributed by atoms with Gasteiger partial charge in [-0.1, -0.05) is 6.92 Å². The van der Waals surface area contributed by atoms with Crippen LogP contribution in [0.15, 0.2) is 0 Å². The van der Waals surface area contributed by atoms with Crippen LogP contribution >= 0.6 is 0 Å². The van der Waals surface area contributed by atoms with Crippen molar-refractivity contribution in [3.05, 3.63) is 0 Å². The third kappa shape index (κ3) is 4.26. The van der Waals surface area contributed by atoms with Crippen LogP contribution in [0, 0.1) is 0 Å². The van der Waals surface area contributed by atoms with E-state index in [1.807, 2.05) is 0 Å². The van der Waals surface area contributed by atoms with Gasteiger partial charge in [-0.15, -0.1) is 0 Å². The number of aliphatic hydroxyl groups excluding tert-OH is 1. The first kappa shape index (κ1) is 13.9. The lowest BCUT2D eigenvalue weighted by Crippen LogP contribution is -2.53. The van der Waals surface area contributed by atoms with E-state index in [1.54, 1.807) is 13.8 Å². The molecule has 2 atom stereocenters. The van der Waals surface area contributed by atoms with Gasteiger partial charge in [-0.05, 0) is 13.3 Å². The van der Waals surface area contributed by atoms with Crippen molar-refractivity contribution in [1.82, 2.24) is 5.32 Å². The fourth-order valence-corrected chi connectivity index (χ4v) is 0.771. The molecule has 0 aromatic heterocycles. The van der Waals surface area contributed by atoms with Gasteiger partial charge in [0.1, 0.15) is 0 Å². The molecule has 0 saturated carbocycles. The normalized spacial score (nSPS) is 16.3. The zero-order valence-electron chi connectivity index (χ0n) is 9.24. The van der Waals surface area contributed by atoms with Crippen molar-refractivity contribution in [2.75, 3.05) is 13.7 Å². The zero-order chi connectivity index (χ0) is 12.1. The van der Waals surface area contributed by atoms with Crippen LogP contribution in [0.1, 0.15) is 20.3 Å². The molecule has 2 unspecified atom stereocenters. The topological polar surface area (TPSA) is 102 Å². The lowest BCUT2D eigenvalue weighted by Gasteiger charge is -2.22. The standard InChI is InChI=1S/C9H18N2O4/c1-4-9(2,10)8(14)11-5-6(12)7(13)15-3/h6,12H,4-5,10H2,1-3H3,(H,11,14). The number of nitrogens with two attached hydrogens (primary N) is 1. The third-order valence-corrected chi connectivity index (χ3v) is 2.18. The summed E-state index contributed by atoms with van der Waals surface area (Å²) in [7, 11) is 1.16. The molecule has 0 saturated heterocycles. The summed E-state index contributed by atoms with van der Waals surface area (Å²) in [5.74, 6) is -1.20. The quantitative estimate of drug-likeness (QED) is 0.501. The summed E-state index contributed by atoms with van der Waals surface area (Å²) in [4.78, 5) is 22.2. The molecule has 6 heteroatoms. The maximum Gasteiger partial charge on any atom is 0.336 e. The van der Waals surface area contributed by atoms with Crippen molar-refractivity contribution < 1.29 is 19.4 Å². The van der Waals surface area contributed by atoms with Gasteiger partial charge in [0.2, 0.25) is 5.91 Å². The Morgan fingerprint density at radius 3 is 2.53 bits per heavy atom. The lowest BCUT2D eigenvalue weighted by atomic mass is 9.99. The smallest absolute Gasteiger partial charge is 0.336 e. The molecular formula is C9H18N2O4. The average Bonchev–Trinajstić information content (AvgIpc) is 2.23. The van der Waals surface area contributed by atoms with Crippen molar-refractivity contribution in [1.29, 1.82) is 0 Å². The van der Waals surface area contributed by atoms with E-state index in [0.717, 1.165) is 7.11 Å². The second-order valence-corrected chi connectivity index (χ2v) is 3.52. The molecule has 0 fully saturated rings. The highest BCUT2D eigenvalue weighted by Crippen LogP contribution is 2.03. The Kier molecular flexibility index (Phi) is 5.24. The molecule has 88 valence electrons. The molecule has 6 nitrogen and oxygen atoms in total. The largest absolute Gasteiger partial charge is 0.467 e. The van der Waals surface area contributed by atoms with Gasteiger partial charge >= 0.3 is 5.97 Å². The van der Waals surface area contributed by atoms with Crippen LogP contribution in [0.3, 0.4) is 0 Å². The number of hydrogen-bond donors (Lipinski definition) is 3. The first-order chi connectivity index (χ1) is 6.85. The van der Waals surface area contributed by atoms with Gasteiger partial charge in [0.25, 0.3) is 0 Å². The Hall–Kier alpha value is -1.14. The molecule has 0 aliphatic rings. The van der Waals surface area contributed by atoms with Crippen molar-refractivity contribution >= 4 is 11.9 Å². The molecule has 0 aliphatic carbocycles. The number of methoxy groups -OCH3 is 1. The van der Waals surface area contributed by atoms with Crippen molar-refractivity contribution in [2.24, 2.45) is 5.73 Å². The van der Waals surface area contributed by atoms with Gasteiger partial charge in [-0.25, -0.2) is 4.79 Å². The molecule has 4 N–H and O–H groups in total. The Labute approximate surface area is 88.8 Å². The van der Waals surface area contributed by atoms with Gasteiger partial charge < -0.3 is 20.9 Å². The number of aliphatic hydroxyl groups is 1. The molecule has 0 aliphatic heterocycles. The summed E-state index contributed by atoms with van der Waals surface area (Å²) in [6.45, 7) is 3.15. The Morgan fingerprint density at radius 1 is 1.60 bits per heavy atom. The summed E-state index contributed by atoms with van der Waals surface area (Å²) >= 11 is 0. The van der Waals surface area contributed by atoms with Crippen molar-refractivity contribution in [3.63, 3.8) is 0 Å². The third-order valence-electron chi connectivity index (χ3n) is 2.18. The molecular weight excluding hydrogens is 200 g/mol. The minimum absolute atomic E-state index is 0.196. The number of nitrogens with one attached hydrogen (secondary N) is 1. The van der Waals surface area contributed by atoms with Crippen LogP contribution in [0.4, 0.5) is 0 Å². The summed E-state index contributed by atoms with van der Waals surface area (Å²) in [5.41, 5.74) is 4.65. The number of esters is 1. The first-order valence-electron chi connectivity index (χ1n) is 4.68. The summed E-state index contributed by atoms with van der Waals surface area (Å²) in [6, 6.07) is 0. The van der Waals surface area contributed by atoms with Crippen LogP contribution in [-0.4, -0.2) is 42.3 Å². The Bertz CT molecular complexity index is 240. The monoisotopic (exact) mass is 218 g/mol. The predicted octanol–water partition coefficient (Wildman–Crippen LogP) is -1.24. The highest BCUT2D eigenvalue weighted by Gasteiger charge is 2.27. The first-order valence-corrected chi connectivity index (χ1v) is 4.68. The van der Waals surface area contributed by atoms with Gasteiger partial charge in [0.05, 0.1) is 19.2 Å². The van der Waals surface area contributed by atoms with Gasteiger partial charge in [-0.3, -0.25) is 4.79 Å². The molecule has 0 rings (SSSR count). The maximum atomic E-state index is 11.4. The number of ether oxygens (including phenoxy) is 1. The molecule has 0 aromatic carbocycles. The van der Waals surface area contributed by atoms with Crippen molar-refractivity contribution in [2.45, 2.75) is 31.9 Å². The van der Waals surface area contributed by atoms with E-state index in [1.165, 1.54) is 0 Å². The number of hydrogen-bond acceptors (Lipinski definition) is 5. The SMILES string of the molecule is CCC(C)(N)C(=O)NCC(O)C(=O)OC. The number of rotatable bonds is 5. The highest BCUT2D eigenvalue weighted by atomic mass is 16.5. The summed E-state index contributed by atoms with van der Waals surface area (Å²) in [5, 5.41) is 11.5. The van der Waals surface area contributed by atoms with E-state index in [4.69, 9.17) is 5.73 Å². The fourth-order valence-electron chi connectivity index (χ4n) is 0.771. The highest BCUT2D eigenvalue weighted by molar-refractivity contribution is 5.86. The maximum absolute atomic E-state index is 11.4. The van der Waals surface area contributed by atoms with Crippen LogP contribution in [0.25, 0.3) is 0 Å². The minimum atomic E-state index is -1.35. The fraction of sp³-hybridized carbons (Fsp3) is 0.778. The molecule has 0 aromatic rings. The molecule has 0 heterocycles. The lowest BCUT2D eigenvalue weighted by molar-refractivity contribution is -0.150. The summed E-state index contributed by atoms with van der Waals surface area (Å²) in [6.07, 6.45) is -0.890. The van der Waals surface area contributed by atoms with Crippen molar-refractivity contribution in [3.8, 4) is 0 Å². The average molecular weight is 218 g/mol. The molecule has 15 heavy (non-hydrogen) atoms. The van der Waals surface area contributed by atoms with E-state index >= 15 is 0 Å². The zero-order valence-corrected chi connectivity index (χ0v) is 9.24. The van der Waals surface area contributed by atoms with Gasteiger partial charge in [-0.2, -0.15) is 0 Å². The van der Waals surface area contributed by atoms with E-state index in [0.29, 0.717) is 6.42 Å². The number of carbonyl (C=O) groups is 2. The van der Waals surface area contributed by atoms with Gasteiger partial charge in [0.15, 0.2) is 6.10 Å². The van der Waals surface area contributed by atoms with E-state index in [-0.39, 0.29) is 6.54 Å². The Morgan fingerprint density at radius 2 is 2.13 bits per heavy atom. The van der Waals surface area contributed by atoms with Crippen LogP contribution in [0.2, 0.25) is 0 Å². The minimum Gasteiger partial charge on any atom is -0.467 e. The number of carbonyl (C=O) groups excluding carboxylic acids is 2. The Balaban J connectivity index is 4.07. The predicted molar refractivity (Wildman–Crippen MR) is 53.9 cm³/mol. The van der Waals surface area contributed by atoms with E-state index in [2.05, 4.69) is 10.1 Å². The van der Waals surface area contributed by atoms with Crippen LogP contribution < -0.4 is 11.1 Å². The molecule has 0 spiro atoms. The molecule has 1 amide bonds.